The van der Waals surface area contributed by atoms with Crippen molar-refractivity contribution in [2.24, 2.45) is 0 Å². The number of aromatic carboxylic acids is 1. The van der Waals surface area contributed by atoms with Gasteiger partial charge in [0, 0.05) is 22.7 Å². The highest BCUT2D eigenvalue weighted by atomic mass is 79.9. The van der Waals surface area contributed by atoms with E-state index in [4.69, 9.17) is 0 Å². The average Bonchev–Trinajstić information content (AvgIpc) is 2.46. The average molecular weight is 341 g/mol. The molecule has 20 heavy (non-hydrogen) atoms. The van der Waals surface area contributed by atoms with Crippen molar-refractivity contribution in [3.63, 3.8) is 0 Å². The van der Waals surface area contributed by atoms with Crippen molar-refractivity contribution in [1.29, 1.82) is 0 Å². The molecule has 110 valence electrons. The Hall–Kier alpha value is -1.07. The van der Waals surface area contributed by atoms with E-state index in [1.165, 1.54) is 19.3 Å². The van der Waals surface area contributed by atoms with Crippen LogP contribution in [0.15, 0.2) is 22.7 Å². The molecule has 1 aromatic carbocycles. The molecule has 0 aromatic heterocycles. The molecule has 2 N–H and O–H groups in total. The second-order valence-electron chi connectivity index (χ2n) is 5.32. The first-order chi connectivity index (χ1) is 9.58. The van der Waals surface area contributed by atoms with E-state index in [-0.39, 0.29) is 0 Å². The van der Waals surface area contributed by atoms with E-state index >= 15 is 0 Å². The molecule has 0 amide bonds. The molecular weight excluding hydrogens is 320 g/mol. The minimum Gasteiger partial charge on any atom is -0.478 e. The van der Waals surface area contributed by atoms with Crippen LogP contribution in [0.5, 0.6) is 0 Å². The number of halogens is 1. The van der Waals surface area contributed by atoms with Gasteiger partial charge >= 0.3 is 5.97 Å². The summed E-state index contributed by atoms with van der Waals surface area (Å²) in [6.45, 7) is 5.25. The quantitative estimate of drug-likeness (QED) is 0.862. The third kappa shape index (κ3) is 3.96. The molecule has 5 heteroatoms. The van der Waals surface area contributed by atoms with Gasteiger partial charge in [-0.1, -0.05) is 22.4 Å². The van der Waals surface area contributed by atoms with Crippen molar-refractivity contribution in [3.05, 3.63) is 28.2 Å². The minimum absolute atomic E-state index is 0.310. The van der Waals surface area contributed by atoms with Gasteiger partial charge in [-0.25, -0.2) is 4.79 Å². The Bertz CT molecular complexity index is 473. The van der Waals surface area contributed by atoms with E-state index in [1.807, 2.05) is 12.1 Å². The Labute approximate surface area is 128 Å². The van der Waals surface area contributed by atoms with E-state index in [2.05, 4.69) is 33.1 Å². The van der Waals surface area contributed by atoms with Crippen LogP contribution < -0.4 is 5.32 Å². The normalized spacial score (nSPS) is 17.7. The first kappa shape index (κ1) is 15.3. The number of nitrogens with zero attached hydrogens (tertiary/aromatic N) is 1. The summed E-state index contributed by atoms with van der Waals surface area (Å²) in [4.78, 5) is 13.7. The Morgan fingerprint density at radius 1 is 1.40 bits per heavy atom. The molecule has 1 aromatic rings. The number of carboxylic acids is 1. The lowest BCUT2D eigenvalue weighted by atomic mass is 10.1. The van der Waals surface area contributed by atoms with Crippen molar-refractivity contribution in [2.75, 3.05) is 25.0 Å². The number of hydrogen-bond acceptors (Lipinski definition) is 3. The number of benzene rings is 1. The summed E-state index contributed by atoms with van der Waals surface area (Å²) in [6.07, 6.45) is 3.86. The van der Waals surface area contributed by atoms with Crippen LogP contribution in [-0.2, 0) is 0 Å². The third-order valence-corrected chi connectivity index (χ3v) is 4.31. The van der Waals surface area contributed by atoms with Crippen molar-refractivity contribution < 1.29 is 9.90 Å². The second kappa shape index (κ2) is 7.09. The summed E-state index contributed by atoms with van der Waals surface area (Å²) in [5.41, 5.74) is 0.995. The first-order valence-electron chi connectivity index (χ1n) is 7.08. The molecular formula is C15H21BrN2O2. The zero-order valence-corrected chi connectivity index (χ0v) is 13.3. The van der Waals surface area contributed by atoms with Crippen LogP contribution in [0.25, 0.3) is 0 Å². The van der Waals surface area contributed by atoms with E-state index in [0.717, 1.165) is 24.1 Å². The van der Waals surface area contributed by atoms with E-state index in [9.17, 15) is 9.90 Å². The third-order valence-electron chi connectivity index (χ3n) is 3.81. The monoisotopic (exact) mass is 340 g/mol. The van der Waals surface area contributed by atoms with Gasteiger partial charge in [0.2, 0.25) is 0 Å². The molecule has 1 heterocycles. The molecule has 0 spiro atoms. The fraction of sp³-hybridized carbons (Fsp3) is 0.533. The maximum absolute atomic E-state index is 11.2. The van der Waals surface area contributed by atoms with Crippen LogP contribution in [0.4, 0.5) is 5.69 Å². The highest BCUT2D eigenvalue weighted by Gasteiger charge is 2.17. The van der Waals surface area contributed by atoms with Gasteiger partial charge in [0.1, 0.15) is 0 Å². The summed E-state index contributed by atoms with van der Waals surface area (Å²) in [5, 5.41) is 12.5. The summed E-state index contributed by atoms with van der Waals surface area (Å²) < 4.78 is 0.782. The number of likely N-dealkylation sites (tertiary alicyclic amines) is 1. The number of hydrogen-bond donors (Lipinski definition) is 2. The van der Waals surface area contributed by atoms with Gasteiger partial charge in [0.15, 0.2) is 0 Å². The lowest BCUT2D eigenvalue weighted by Crippen LogP contribution is -2.41. The number of anilines is 1. The van der Waals surface area contributed by atoms with Crippen LogP contribution in [0.3, 0.4) is 0 Å². The van der Waals surface area contributed by atoms with Crippen molar-refractivity contribution >= 4 is 27.6 Å². The Morgan fingerprint density at radius 3 is 2.75 bits per heavy atom. The van der Waals surface area contributed by atoms with Gasteiger partial charge in [-0.15, -0.1) is 0 Å². The fourth-order valence-electron chi connectivity index (χ4n) is 2.59. The van der Waals surface area contributed by atoms with Crippen LogP contribution in [0, 0.1) is 0 Å². The molecule has 1 atom stereocenters. The van der Waals surface area contributed by atoms with Gasteiger partial charge in [-0.05, 0) is 51.1 Å². The predicted molar refractivity (Wildman–Crippen MR) is 84.5 cm³/mol. The Morgan fingerprint density at radius 2 is 2.10 bits per heavy atom. The Balaban J connectivity index is 1.97. The van der Waals surface area contributed by atoms with Crippen molar-refractivity contribution in [2.45, 2.75) is 32.2 Å². The predicted octanol–water partition coefficient (Wildman–Crippen LogP) is 3.43. The molecule has 0 bridgehead atoms. The molecule has 0 radical (unpaired) electrons. The van der Waals surface area contributed by atoms with E-state index in [1.54, 1.807) is 6.07 Å². The SMILES string of the molecule is CC(CNc1ccc(Br)cc1C(=O)O)N1CCCCC1. The molecule has 1 aliphatic heterocycles. The number of carbonyl (C=O) groups is 1. The van der Waals surface area contributed by atoms with Gasteiger partial charge in [0.05, 0.1) is 5.56 Å². The molecule has 2 rings (SSSR count). The van der Waals surface area contributed by atoms with Gasteiger partial charge in [-0.2, -0.15) is 0 Å². The van der Waals surface area contributed by atoms with Gasteiger partial charge in [0.25, 0.3) is 0 Å². The zero-order valence-electron chi connectivity index (χ0n) is 11.7. The molecule has 0 saturated carbocycles. The fourth-order valence-corrected chi connectivity index (χ4v) is 2.95. The first-order valence-corrected chi connectivity index (χ1v) is 7.88. The number of rotatable bonds is 5. The molecule has 1 aliphatic rings. The number of carboxylic acid groups (broad SMARTS) is 1. The standard InChI is InChI=1S/C15H21BrN2O2/c1-11(18-7-3-2-4-8-18)10-17-14-6-5-12(16)9-13(14)15(19)20/h5-6,9,11,17H,2-4,7-8,10H2,1H3,(H,19,20). The van der Waals surface area contributed by atoms with Crippen molar-refractivity contribution in [3.8, 4) is 0 Å². The van der Waals surface area contributed by atoms with Gasteiger partial charge < -0.3 is 10.4 Å². The van der Waals surface area contributed by atoms with Crippen LogP contribution in [0.2, 0.25) is 0 Å². The Kier molecular flexibility index (Phi) is 5.43. The summed E-state index contributed by atoms with van der Waals surface area (Å²) in [6, 6.07) is 5.73. The lowest BCUT2D eigenvalue weighted by molar-refractivity contribution is 0.0697. The molecule has 4 nitrogen and oxygen atoms in total. The molecule has 1 unspecified atom stereocenters. The molecule has 1 saturated heterocycles. The maximum atomic E-state index is 11.2. The largest absolute Gasteiger partial charge is 0.478 e. The van der Waals surface area contributed by atoms with E-state index in [0.29, 0.717) is 17.3 Å². The van der Waals surface area contributed by atoms with Gasteiger partial charge in [-0.3, -0.25) is 4.90 Å². The number of piperidine rings is 1. The highest BCUT2D eigenvalue weighted by molar-refractivity contribution is 9.10. The topological polar surface area (TPSA) is 52.6 Å². The summed E-state index contributed by atoms with van der Waals surface area (Å²) in [5.74, 6) is -0.903. The van der Waals surface area contributed by atoms with Crippen LogP contribution in [0.1, 0.15) is 36.5 Å². The molecule has 1 fully saturated rings. The minimum atomic E-state index is -0.903. The summed E-state index contributed by atoms with van der Waals surface area (Å²) in [7, 11) is 0. The smallest absolute Gasteiger partial charge is 0.337 e. The van der Waals surface area contributed by atoms with Crippen LogP contribution in [-0.4, -0.2) is 41.7 Å². The summed E-state index contributed by atoms with van der Waals surface area (Å²) >= 11 is 3.31. The number of nitrogens with one attached hydrogen (secondary N) is 1. The second-order valence-corrected chi connectivity index (χ2v) is 6.24. The van der Waals surface area contributed by atoms with E-state index < -0.39 is 5.97 Å². The lowest BCUT2D eigenvalue weighted by Gasteiger charge is -2.32. The van der Waals surface area contributed by atoms with Crippen LogP contribution >= 0.6 is 15.9 Å². The maximum Gasteiger partial charge on any atom is 0.337 e. The zero-order chi connectivity index (χ0) is 14.5. The van der Waals surface area contributed by atoms with Crippen molar-refractivity contribution in [1.82, 2.24) is 4.90 Å². The highest BCUT2D eigenvalue weighted by Crippen LogP contribution is 2.21. The molecule has 0 aliphatic carbocycles.